The van der Waals surface area contributed by atoms with Crippen molar-refractivity contribution in [3.05, 3.63) is 35.4 Å². The van der Waals surface area contributed by atoms with Crippen molar-refractivity contribution in [1.82, 2.24) is 10.6 Å². The topological polar surface area (TPSA) is 58.2 Å². The van der Waals surface area contributed by atoms with Gasteiger partial charge in [0.25, 0.3) is 5.91 Å². The molecule has 0 radical (unpaired) electrons. The van der Waals surface area contributed by atoms with Crippen LogP contribution in [0.15, 0.2) is 24.3 Å². The molecule has 1 rings (SSSR count). The van der Waals surface area contributed by atoms with Gasteiger partial charge < -0.3 is 10.6 Å². The molecule has 1 aromatic rings. The molecule has 0 saturated carbocycles. The van der Waals surface area contributed by atoms with Gasteiger partial charge in [-0.15, -0.1) is 0 Å². The van der Waals surface area contributed by atoms with Gasteiger partial charge in [-0.05, 0) is 31.4 Å². The number of rotatable bonds is 6. The Balaban J connectivity index is 2.30. The smallest absolute Gasteiger partial charge is 0.251 e. The van der Waals surface area contributed by atoms with Gasteiger partial charge in [0.1, 0.15) is 0 Å². The van der Waals surface area contributed by atoms with Crippen molar-refractivity contribution in [2.45, 2.75) is 27.2 Å². The Kier molecular flexibility index (Phi) is 6.06. The van der Waals surface area contributed by atoms with Crippen LogP contribution in [0.25, 0.3) is 0 Å². The molecule has 0 heterocycles. The van der Waals surface area contributed by atoms with Crippen LogP contribution in [0.4, 0.5) is 0 Å². The summed E-state index contributed by atoms with van der Waals surface area (Å²) in [6.45, 7) is 6.84. The molecule has 19 heavy (non-hydrogen) atoms. The van der Waals surface area contributed by atoms with Gasteiger partial charge in [0.2, 0.25) is 5.91 Å². The van der Waals surface area contributed by atoms with E-state index in [-0.39, 0.29) is 18.4 Å². The summed E-state index contributed by atoms with van der Waals surface area (Å²) in [7, 11) is 0. The largest absolute Gasteiger partial charge is 0.355 e. The van der Waals surface area contributed by atoms with Gasteiger partial charge in [0.05, 0.1) is 6.54 Å². The summed E-state index contributed by atoms with van der Waals surface area (Å²) >= 11 is 0. The fourth-order valence-corrected chi connectivity index (χ4v) is 1.53. The summed E-state index contributed by atoms with van der Waals surface area (Å²) in [5, 5.41) is 5.38. The van der Waals surface area contributed by atoms with Gasteiger partial charge >= 0.3 is 0 Å². The number of carbonyl (C=O) groups excluding carboxylic acids is 2. The Morgan fingerprint density at radius 2 is 1.74 bits per heavy atom. The van der Waals surface area contributed by atoms with Crippen LogP contribution in [0.3, 0.4) is 0 Å². The first-order chi connectivity index (χ1) is 8.99. The number of carbonyl (C=O) groups is 2. The molecule has 0 unspecified atom stereocenters. The fourth-order valence-electron chi connectivity index (χ4n) is 1.53. The Labute approximate surface area is 114 Å². The molecule has 0 bridgehead atoms. The van der Waals surface area contributed by atoms with Crippen LogP contribution in [0.2, 0.25) is 0 Å². The molecular weight excluding hydrogens is 240 g/mol. The number of nitrogens with one attached hydrogen (secondary N) is 2. The van der Waals surface area contributed by atoms with Crippen LogP contribution in [0.5, 0.6) is 0 Å². The van der Waals surface area contributed by atoms with E-state index >= 15 is 0 Å². The third-order valence-corrected chi connectivity index (χ3v) is 2.77. The molecule has 2 amide bonds. The number of benzene rings is 1. The minimum atomic E-state index is -0.223. The lowest BCUT2D eigenvalue weighted by atomic mass is 10.1. The molecular formula is C15H22N2O2. The molecule has 1 aromatic carbocycles. The van der Waals surface area contributed by atoms with E-state index in [0.717, 1.165) is 12.0 Å². The van der Waals surface area contributed by atoms with Crippen LogP contribution in [-0.2, 0) is 4.79 Å². The quantitative estimate of drug-likeness (QED) is 0.822. The average molecular weight is 262 g/mol. The lowest BCUT2D eigenvalue weighted by Gasteiger charge is -2.08. The van der Waals surface area contributed by atoms with E-state index < -0.39 is 0 Å². The van der Waals surface area contributed by atoms with Gasteiger partial charge in [-0.25, -0.2) is 0 Å². The number of hydrogen-bond acceptors (Lipinski definition) is 2. The highest BCUT2D eigenvalue weighted by Gasteiger charge is 2.07. The van der Waals surface area contributed by atoms with E-state index in [4.69, 9.17) is 0 Å². The first-order valence-electron chi connectivity index (χ1n) is 6.60. The molecule has 104 valence electrons. The average Bonchev–Trinajstić information content (AvgIpc) is 2.36. The molecule has 2 N–H and O–H groups in total. The number of amides is 2. The Morgan fingerprint density at radius 1 is 1.11 bits per heavy atom. The lowest BCUT2D eigenvalue weighted by Crippen LogP contribution is -2.37. The highest BCUT2D eigenvalue weighted by molar-refractivity contribution is 5.96. The SMILES string of the molecule is Cc1ccc(C(=O)NCC(=O)NCCC(C)C)cc1. The van der Waals surface area contributed by atoms with E-state index in [0.29, 0.717) is 18.0 Å². The summed E-state index contributed by atoms with van der Waals surface area (Å²) in [4.78, 5) is 23.2. The highest BCUT2D eigenvalue weighted by Crippen LogP contribution is 2.02. The summed E-state index contributed by atoms with van der Waals surface area (Å²) < 4.78 is 0. The zero-order valence-corrected chi connectivity index (χ0v) is 11.8. The van der Waals surface area contributed by atoms with E-state index in [1.54, 1.807) is 12.1 Å². The molecule has 0 aliphatic rings. The number of hydrogen-bond donors (Lipinski definition) is 2. The molecule has 0 aliphatic heterocycles. The predicted molar refractivity (Wildman–Crippen MR) is 76.0 cm³/mol. The van der Waals surface area contributed by atoms with E-state index in [9.17, 15) is 9.59 Å². The predicted octanol–water partition coefficient (Wildman–Crippen LogP) is 1.89. The Morgan fingerprint density at radius 3 is 2.32 bits per heavy atom. The maximum atomic E-state index is 11.8. The van der Waals surface area contributed by atoms with Crippen molar-refractivity contribution in [2.24, 2.45) is 5.92 Å². The van der Waals surface area contributed by atoms with Crippen molar-refractivity contribution in [3.8, 4) is 0 Å². The third kappa shape index (κ3) is 6.04. The Hall–Kier alpha value is -1.84. The van der Waals surface area contributed by atoms with Crippen LogP contribution in [0, 0.1) is 12.8 Å². The first-order valence-corrected chi connectivity index (χ1v) is 6.60. The molecule has 0 aliphatic carbocycles. The minimum Gasteiger partial charge on any atom is -0.355 e. The standard InChI is InChI=1S/C15H22N2O2/c1-11(2)8-9-16-14(18)10-17-15(19)13-6-4-12(3)5-7-13/h4-7,11H,8-10H2,1-3H3,(H,16,18)(H,17,19). The summed E-state index contributed by atoms with van der Waals surface area (Å²) in [6.07, 6.45) is 0.942. The van der Waals surface area contributed by atoms with Crippen molar-refractivity contribution in [1.29, 1.82) is 0 Å². The zero-order chi connectivity index (χ0) is 14.3. The first kappa shape index (κ1) is 15.2. The molecule has 0 spiro atoms. The van der Waals surface area contributed by atoms with Crippen LogP contribution in [0.1, 0.15) is 36.2 Å². The maximum absolute atomic E-state index is 11.8. The molecule has 0 atom stereocenters. The highest BCUT2D eigenvalue weighted by atomic mass is 16.2. The van der Waals surface area contributed by atoms with Gasteiger partial charge in [-0.2, -0.15) is 0 Å². The summed E-state index contributed by atoms with van der Waals surface area (Å²) in [5.41, 5.74) is 1.67. The minimum absolute atomic E-state index is 0.0187. The molecule has 4 nitrogen and oxygen atoms in total. The third-order valence-electron chi connectivity index (χ3n) is 2.77. The molecule has 0 aromatic heterocycles. The summed E-state index contributed by atoms with van der Waals surface area (Å²) in [5.74, 6) is 0.183. The second kappa shape index (κ2) is 7.56. The van der Waals surface area contributed by atoms with E-state index in [2.05, 4.69) is 24.5 Å². The second-order valence-electron chi connectivity index (χ2n) is 5.08. The second-order valence-corrected chi connectivity index (χ2v) is 5.08. The number of aryl methyl sites for hydroxylation is 1. The van der Waals surface area contributed by atoms with Gasteiger partial charge in [0, 0.05) is 12.1 Å². The summed E-state index contributed by atoms with van der Waals surface area (Å²) in [6, 6.07) is 7.25. The molecule has 0 saturated heterocycles. The van der Waals surface area contributed by atoms with Crippen molar-refractivity contribution >= 4 is 11.8 Å². The van der Waals surface area contributed by atoms with Crippen LogP contribution >= 0.6 is 0 Å². The van der Waals surface area contributed by atoms with Crippen molar-refractivity contribution in [2.75, 3.05) is 13.1 Å². The molecule has 4 heteroatoms. The van der Waals surface area contributed by atoms with Crippen LogP contribution < -0.4 is 10.6 Å². The fraction of sp³-hybridized carbons (Fsp3) is 0.467. The van der Waals surface area contributed by atoms with Crippen molar-refractivity contribution < 1.29 is 9.59 Å². The van der Waals surface area contributed by atoms with Crippen LogP contribution in [-0.4, -0.2) is 24.9 Å². The normalized spacial score (nSPS) is 10.3. The Bertz CT molecular complexity index is 424. The maximum Gasteiger partial charge on any atom is 0.251 e. The van der Waals surface area contributed by atoms with E-state index in [1.165, 1.54) is 0 Å². The molecule has 0 fully saturated rings. The van der Waals surface area contributed by atoms with Gasteiger partial charge in [0.15, 0.2) is 0 Å². The van der Waals surface area contributed by atoms with Gasteiger partial charge in [-0.1, -0.05) is 31.5 Å². The van der Waals surface area contributed by atoms with Gasteiger partial charge in [-0.3, -0.25) is 9.59 Å². The zero-order valence-electron chi connectivity index (χ0n) is 11.8. The van der Waals surface area contributed by atoms with E-state index in [1.807, 2.05) is 19.1 Å². The monoisotopic (exact) mass is 262 g/mol. The lowest BCUT2D eigenvalue weighted by molar-refractivity contribution is -0.120. The van der Waals surface area contributed by atoms with Crippen molar-refractivity contribution in [3.63, 3.8) is 0 Å².